The Labute approximate surface area is 163 Å². The van der Waals surface area contributed by atoms with Crippen LogP contribution >= 0.6 is 0 Å². The number of primary amides is 1. The minimum atomic E-state index is -4.82. The van der Waals surface area contributed by atoms with Gasteiger partial charge in [-0.25, -0.2) is 0 Å². The van der Waals surface area contributed by atoms with E-state index in [2.05, 4.69) is 0 Å². The molecule has 2 heterocycles. The SMILES string of the molecule is C[C@H]1COCC(COc2ccc(-c3cc(C(N)=O)c(=O)[nH]c3C(F)(F)F)cc2)O1. The number of pyridine rings is 1. The molecule has 2 aromatic rings. The minimum Gasteiger partial charge on any atom is -0.491 e. The van der Waals surface area contributed by atoms with Crippen molar-refractivity contribution in [1.29, 1.82) is 0 Å². The molecule has 1 saturated heterocycles. The van der Waals surface area contributed by atoms with Crippen LogP contribution in [0.5, 0.6) is 5.75 Å². The van der Waals surface area contributed by atoms with Gasteiger partial charge in [-0.1, -0.05) is 12.1 Å². The molecule has 0 spiro atoms. The molecule has 0 bridgehead atoms. The van der Waals surface area contributed by atoms with Crippen molar-refractivity contribution in [3.63, 3.8) is 0 Å². The quantitative estimate of drug-likeness (QED) is 0.785. The van der Waals surface area contributed by atoms with Crippen molar-refractivity contribution in [2.45, 2.75) is 25.3 Å². The third-order valence-corrected chi connectivity index (χ3v) is 4.27. The fourth-order valence-corrected chi connectivity index (χ4v) is 2.94. The normalized spacial score (nSPS) is 19.7. The Kier molecular flexibility index (Phi) is 5.94. The summed E-state index contributed by atoms with van der Waals surface area (Å²) in [6.07, 6.45) is -5.11. The average molecular weight is 412 g/mol. The molecule has 1 aromatic heterocycles. The Morgan fingerprint density at radius 3 is 2.55 bits per heavy atom. The molecular weight excluding hydrogens is 393 g/mol. The number of H-pyrrole nitrogens is 1. The largest absolute Gasteiger partial charge is 0.491 e. The van der Waals surface area contributed by atoms with Gasteiger partial charge in [0.25, 0.3) is 11.5 Å². The van der Waals surface area contributed by atoms with Crippen LogP contribution in [-0.2, 0) is 15.7 Å². The molecule has 1 aliphatic heterocycles. The number of alkyl halides is 3. The zero-order chi connectivity index (χ0) is 21.2. The van der Waals surface area contributed by atoms with Crippen molar-refractivity contribution in [1.82, 2.24) is 4.98 Å². The van der Waals surface area contributed by atoms with Crippen LogP contribution in [0.1, 0.15) is 23.0 Å². The van der Waals surface area contributed by atoms with Gasteiger partial charge in [-0.05, 0) is 30.7 Å². The highest BCUT2D eigenvalue weighted by Crippen LogP contribution is 2.35. The van der Waals surface area contributed by atoms with E-state index in [1.165, 1.54) is 24.3 Å². The number of carbonyl (C=O) groups excluding carboxylic acids is 1. The molecule has 156 valence electrons. The number of nitrogens with one attached hydrogen (secondary N) is 1. The minimum absolute atomic E-state index is 0.0415. The van der Waals surface area contributed by atoms with Crippen LogP contribution in [0, 0.1) is 0 Å². The first-order chi connectivity index (χ1) is 13.6. The molecule has 0 saturated carbocycles. The van der Waals surface area contributed by atoms with Gasteiger partial charge in [0.15, 0.2) is 0 Å². The summed E-state index contributed by atoms with van der Waals surface area (Å²) in [5.74, 6) is -0.700. The molecule has 7 nitrogen and oxygen atoms in total. The lowest BCUT2D eigenvalue weighted by Gasteiger charge is -2.27. The van der Waals surface area contributed by atoms with Gasteiger partial charge in [-0.2, -0.15) is 13.2 Å². The maximum Gasteiger partial charge on any atom is 0.431 e. The molecule has 1 aromatic carbocycles. The summed E-state index contributed by atoms with van der Waals surface area (Å²) < 4.78 is 56.7. The van der Waals surface area contributed by atoms with Crippen molar-refractivity contribution < 1.29 is 32.2 Å². The molecular formula is C19H19F3N2O5. The van der Waals surface area contributed by atoms with Gasteiger partial charge in [0.1, 0.15) is 29.7 Å². The van der Waals surface area contributed by atoms with Gasteiger partial charge in [0.2, 0.25) is 0 Å². The fourth-order valence-electron chi connectivity index (χ4n) is 2.94. The second-order valence-corrected chi connectivity index (χ2v) is 6.60. The molecule has 1 aliphatic rings. The number of carbonyl (C=O) groups is 1. The number of benzene rings is 1. The third kappa shape index (κ3) is 4.96. The average Bonchev–Trinajstić information content (AvgIpc) is 2.66. The molecule has 2 atom stereocenters. The molecule has 29 heavy (non-hydrogen) atoms. The Morgan fingerprint density at radius 2 is 1.97 bits per heavy atom. The maximum absolute atomic E-state index is 13.3. The highest BCUT2D eigenvalue weighted by Gasteiger charge is 2.36. The zero-order valence-corrected chi connectivity index (χ0v) is 15.4. The van der Waals surface area contributed by atoms with E-state index in [1.54, 1.807) is 4.98 Å². The van der Waals surface area contributed by atoms with Crippen molar-refractivity contribution in [2.75, 3.05) is 19.8 Å². The van der Waals surface area contributed by atoms with Crippen molar-refractivity contribution in [3.8, 4) is 16.9 Å². The first kappa shape index (κ1) is 20.9. The number of hydrogen-bond donors (Lipinski definition) is 2. The summed E-state index contributed by atoms with van der Waals surface area (Å²) in [5.41, 5.74) is 1.83. The van der Waals surface area contributed by atoms with Crippen LogP contribution < -0.4 is 16.0 Å². The summed E-state index contributed by atoms with van der Waals surface area (Å²) in [7, 11) is 0. The first-order valence-corrected chi connectivity index (χ1v) is 8.76. The number of aromatic amines is 1. The van der Waals surface area contributed by atoms with Gasteiger partial charge >= 0.3 is 6.18 Å². The number of amides is 1. The number of halogens is 3. The van der Waals surface area contributed by atoms with Gasteiger partial charge in [-0.15, -0.1) is 0 Å². The molecule has 3 rings (SSSR count). The van der Waals surface area contributed by atoms with Crippen molar-refractivity contribution >= 4 is 5.91 Å². The van der Waals surface area contributed by atoms with Crippen LogP contribution in [0.25, 0.3) is 11.1 Å². The van der Waals surface area contributed by atoms with Crippen LogP contribution in [0.3, 0.4) is 0 Å². The lowest BCUT2D eigenvalue weighted by atomic mass is 10.0. The van der Waals surface area contributed by atoms with E-state index in [1.807, 2.05) is 6.92 Å². The Hall–Kier alpha value is -2.85. The van der Waals surface area contributed by atoms with Gasteiger partial charge in [0.05, 0.1) is 19.3 Å². The highest BCUT2D eigenvalue weighted by atomic mass is 19.4. The first-order valence-electron chi connectivity index (χ1n) is 8.76. The van der Waals surface area contributed by atoms with Crippen LogP contribution in [-0.4, -0.2) is 42.9 Å². The Morgan fingerprint density at radius 1 is 1.28 bits per heavy atom. The Bertz CT molecular complexity index is 940. The summed E-state index contributed by atoms with van der Waals surface area (Å²) in [5, 5.41) is 0. The lowest BCUT2D eigenvalue weighted by molar-refractivity contribution is -0.140. The standard InChI is InChI=1S/C19H19F3N2O5/c1-10-7-27-8-13(29-10)9-28-12-4-2-11(3-5-12)14-6-15(17(23)25)18(26)24-16(14)19(20,21)22/h2-6,10,13H,7-9H2,1H3,(H2,23,25)(H,24,26)/t10-,13?/m0/s1. The predicted molar refractivity (Wildman–Crippen MR) is 96.7 cm³/mol. The van der Waals surface area contributed by atoms with E-state index in [-0.39, 0.29) is 29.9 Å². The summed E-state index contributed by atoms with van der Waals surface area (Å²) in [6, 6.07) is 6.59. The number of hydrogen-bond acceptors (Lipinski definition) is 5. The van der Waals surface area contributed by atoms with E-state index in [0.29, 0.717) is 19.0 Å². The highest BCUT2D eigenvalue weighted by molar-refractivity contribution is 5.93. The number of nitrogens with two attached hydrogens (primary N) is 1. The Balaban J connectivity index is 1.84. The molecule has 10 heteroatoms. The summed E-state index contributed by atoms with van der Waals surface area (Å²) in [6.45, 7) is 3.01. The monoisotopic (exact) mass is 412 g/mol. The lowest BCUT2D eigenvalue weighted by Crippen LogP contribution is -2.38. The summed E-state index contributed by atoms with van der Waals surface area (Å²) in [4.78, 5) is 24.8. The molecule has 0 aliphatic carbocycles. The van der Waals surface area contributed by atoms with E-state index < -0.39 is 28.9 Å². The number of ether oxygens (including phenoxy) is 3. The van der Waals surface area contributed by atoms with Gasteiger partial charge in [-0.3, -0.25) is 9.59 Å². The maximum atomic E-state index is 13.3. The molecule has 1 unspecified atom stereocenters. The zero-order valence-electron chi connectivity index (χ0n) is 15.4. The topological polar surface area (TPSA) is 104 Å². The van der Waals surface area contributed by atoms with E-state index in [0.717, 1.165) is 6.07 Å². The van der Waals surface area contributed by atoms with Crippen LogP contribution in [0.2, 0.25) is 0 Å². The smallest absolute Gasteiger partial charge is 0.431 e. The van der Waals surface area contributed by atoms with E-state index in [4.69, 9.17) is 19.9 Å². The molecule has 3 N–H and O–H groups in total. The third-order valence-electron chi connectivity index (χ3n) is 4.27. The number of aromatic nitrogens is 1. The van der Waals surface area contributed by atoms with Gasteiger partial charge < -0.3 is 24.9 Å². The fraction of sp³-hybridized carbons (Fsp3) is 0.368. The van der Waals surface area contributed by atoms with E-state index >= 15 is 0 Å². The number of rotatable bonds is 5. The molecule has 1 fully saturated rings. The van der Waals surface area contributed by atoms with Crippen LogP contribution in [0.4, 0.5) is 13.2 Å². The predicted octanol–water partition coefficient (Wildman–Crippen LogP) is 2.34. The van der Waals surface area contributed by atoms with Crippen molar-refractivity contribution in [2.24, 2.45) is 5.73 Å². The second kappa shape index (κ2) is 8.26. The summed E-state index contributed by atoms with van der Waals surface area (Å²) >= 11 is 0. The molecule has 0 radical (unpaired) electrons. The second-order valence-electron chi connectivity index (χ2n) is 6.60. The van der Waals surface area contributed by atoms with Crippen LogP contribution in [0.15, 0.2) is 35.1 Å². The van der Waals surface area contributed by atoms with E-state index in [9.17, 15) is 22.8 Å². The van der Waals surface area contributed by atoms with Gasteiger partial charge in [0, 0.05) is 5.56 Å². The van der Waals surface area contributed by atoms with Crippen molar-refractivity contribution in [3.05, 3.63) is 51.9 Å². The molecule has 1 amide bonds.